The van der Waals surface area contributed by atoms with E-state index in [1.807, 2.05) is 18.3 Å². The molecule has 0 bridgehead atoms. The van der Waals surface area contributed by atoms with Gasteiger partial charge in [0, 0.05) is 32.9 Å². The van der Waals surface area contributed by atoms with Crippen LogP contribution in [0.2, 0.25) is 5.15 Å². The highest BCUT2D eigenvalue weighted by atomic mass is 127. The van der Waals surface area contributed by atoms with Crippen molar-refractivity contribution in [1.82, 2.24) is 15.6 Å². The number of ether oxygens (including phenoxy) is 1. The molecule has 1 heterocycles. The molecule has 0 aliphatic heterocycles. The summed E-state index contributed by atoms with van der Waals surface area (Å²) < 4.78 is 5.93. The zero-order valence-corrected chi connectivity index (χ0v) is 18.1. The van der Waals surface area contributed by atoms with Crippen molar-refractivity contribution < 1.29 is 4.74 Å². The SMILES string of the molecule is CN=C(NCCCOC1CCCCC1)NCCc1ccc(Cl)nc1.I. The summed E-state index contributed by atoms with van der Waals surface area (Å²) in [5, 5.41) is 7.16. The van der Waals surface area contributed by atoms with Crippen LogP contribution >= 0.6 is 35.6 Å². The van der Waals surface area contributed by atoms with Crippen molar-refractivity contribution in [2.45, 2.75) is 51.0 Å². The third kappa shape index (κ3) is 9.61. The average Bonchev–Trinajstić information content (AvgIpc) is 2.62. The van der Waals surface area contributed by atoms with Crippen molar-refractivity contribution in [1.29, 1.82) is 0 Å². The molecule has 0 unspecified atom stereocenters. The van der Waals surface area contributed by atoms with Crippen molar-refractivity contribution >= 4 is 41.5 Å². The number of aliphatic imine (C=N–C) groups is 1. The van der Waals surface area contributed by atoms with Crippen LogP contribution < -0.4 is 10.6 Å². The van der Waals surface area contributed by atoms with Gasteiger partial charge in [0.2, 0.25) is 0 Å². The number of pyridine rings is 1. The van der Waals surface area contributed by atoms with Gasteiger partial charge in [0.25, 0.3) is 0 Å². The maximum absolute atomic E-state index is 5.93. The Labute approximate surface area is 173 Å². The minimum absolute atomic E-state index is 0. The molecular formula is C18H30ClIN4O. The first-order valence-electron chi connectivity index (χ1n) is 8.94. The summed E-state index contributed by atoms with van der Waals surface area (Å²) in [6.07, 6.45) is 10.7. The Balaban J connectivity index is 0.00000312. The van der Waals surface area contributed by atoms with Gasteiger partial charge >= 0.3 is 0 Å². The van der Waals surface area contributed by atoms with E-state index in [1.54, 1.807) is 7.05 Å². The van der Waals surface area contributed by atoms with Gasteiger partial charge in [-0.2, -0.15) is 0 Å². The number of nitrogens with zero attached hydrogens (tertiary/aromatic N) is 2. The summed E-state index contributed by atoms with van der Waals surface area (Å²) in [5.41, 5.74) is 1.16. The predicted molar refractivity (Wildman–Crippen MR) is 115 cm³/mol. The van der Waals surface area contributed by atoms with E-state index in [4.69, 9.17) is 16.3 Å². The highest BCUT2D eigenvalue weighted by Gasteiger charge is 2.12. The van der Waals surface area contributed by atoms with E-state index >= 15 is 0 Å². The molecule has 1 aromatic rings. The van der Waals surface area contributed by atoms with Gasteiger partial charge in [0.05, 0.1) is 6.10 Å². The smallest absolute Gasteiger partial charge is 0.190 e. The van der Waals surface area contributed by atoms with Crippen molar-refractivity contribution in [2.75, 3.05) is 26.7 Å². The molecule has 0 aromatic carbocycles. The zero-order valence-electron chi connectivity index (χ0n) is 15.0. The van der Waals surface area contributed by atoms with E-state index in [1.165, 1.54) is 32.1 Å². The Kier molecular flexibility index (Phi) is 12.2. The molecule has 2 rings (SSSR count). The maximum Gasteiger partial charge on any atom is 0.190 e. The molecule has 0 radical (unpaired) electrons. The van der Waals surface area contributed by atoms with Crippen molar-refractivity contribution in [3.8, 4) is 0 Å². The number of aromatic nitrogens is 1. The Morgan fingerprint density at radius 3 is 2.68 bits per heavy atom. The fourth-order valence-electron chi connectivity index (χ4n) is 2.86. The number of hydrogen-bond acceptors (Lipinski definition) is 3. The number of guanidine groups is 1. The van der Waals surface area contributed by atoms with Crippen LogP contribution in [-0.4, -0.2) is 43.8 Å². The molecule has 142 valence electrons. The van der Waals surface area contributed by atoms with Crippen LogP contribution in [0.5, 0.6) is 0 Å². The molecule has 0 saturated heterocycles. The highest BCUT2D eigenvalue weighted by Crippen LogP contribution is 2.20. The molecule has 2 N–H and O–H groups in total. The van der Waals surface area contributed by atoms with Gasteiger partial charge in [-0.1, -0.05) is 36.9 Å². The van der Waals surface area contributed by atoms with Crippen LogP contribution in [0.4, 0.5) is 0 Å². The normalized spacial score (nSPS) is 15.5. The molecule has 1 aromatic heterocycles. The largest absolute Gasteiger partial charge is 0.378 e. The number of halogens is 2. The lowest BCUT2D eigenvalue weighted by molar-refractivity contribution is 0.0277. The minimum atomic E-state index is 0. The standard InChI is InChI=1S/C18H29ClN4O.HI/c1-20-18(22-12-10-15-8-9-17(19)23-14-15)21-11-5-13-24-16-6-3-2-4-7-16;/h8-9,14,16H,2-7,10-13H2,1H3,(H2,20,21,22);1H. The molecule has 1 fully saturated rings. The fraction of sp³-hybridized carbons (Fsp3) is 0.667. The van der Waals surface area contributed by atoms with E-state index in [2.05, 4.69) is 20.6 Å². The van der Waals surface area contributed by atoms with Crippen LogP contribution in [0.1, 0.15) is 44.1 Å². The third-order valence-electron chi connectivity index (χ3n) is 4.24. The molecule has 25 heavy (non-hydrogen) atoms. The Morgan fingerprint density at radius 1 is 1.24 bits per heavy atom. The molecule has 1 saturated carbocycles. The summed E-state index contributed by atoms with van der Waals surface area (Å²) in [6.45, 7) is 2.50. The van der Waals surface area contributed by atoms with Gasteiger partial charge < -0.3 is 15.4 Å². The first-order valence-corrected chi connectivity index (χ1v) is 9.32. The quantitative estimate of drug-likeness (QED) is 0.195. The lowest BCUT2D eigenvalue weighted by Gasteiger charge is -2.22. The monoisotopic (exact) mass is 480 g/mol. The van der Waals surface area contributed by atoms with Crippen LogP contribution in [0.25, 0.3) is 0 Å². The first-order chi connectivity index (χ1) is 11.8. The number of rotatable bonds is 8. The predicted octanol–water partition coefficient (Wildman–Crippen LogP) is 3.80. The first kappa shape index (κ1) is 22.4. The molecule has 0 amide bonds. The van der Waals surface area contributed by atoms with Crippen LogP contribution in [0.15, 0.2) is 23.3 Å². The van der Waals surface area contributed by atoms with Crippen molar-refractivity contribution in [2.24, 2.45) is 4.99 Å². The van der Waals surface area contributed by atoms with E-state index < -0.39 is 0 Å². The Hall–Kier alpha value is -0.600. The molecule has 0 spiro atoms. The molecule has 1 aliphatic rings. The second-order valence-electron chi connectivity index (χ2n) is 6.15. The molecule has 5 nitrogen and oxygen atoms in total. The summed E-state index contributed by atoms with van der Waals surface area (Å²) in [5.74, 6) is 0.828. The van der Waals surface area contributed by atoms with E-state index in [0.717, 1.165) is 44.1 Å². The lowest BCUT2D eigenvalue weighted by Crippen LogP contribution is -2.39. The Bertz CT molecular complexity index is 492. The van der Waals surface area contributed by atoms with Gasteiger partial charge in [-0.15, -0.1) is 24.0 Å². The van der Waals surface area contributed by atoms with Gasteiger partial charge in [-0.05, 0) is 37.3 Å². The van der Waals surface area contributed by atoms with Gasteiger partial charge in [-0.25, -0.2) is 4.98 Å². The van der Waals surface area contributed by atoms with Crippen LogP contribution in [-0.2, 0) is 11.2 Å². The van der Waals surface area contributed by atoms with Gasteiger partial charge in [-0.3, -0.25) is 4.99 Å². The van der Waals surface area contributed by atoms with Gasteiger partial charge in [0.15, 0.2) is 5.96 Å². The second-order valence-corrected chi connectivity index (χ2v) is 6.54. The number of nitrogens with one attached hydrogen (secondary N) is 2. The molecule has 7 heteroatoms. The minimum Gasteiger partial charge on any atom is -0.378 e. The molecular weight excluding hydrogens is 451 g/mol. The van der Waals surface area contributed by atoms with E-state index in [-0.39, 0.29) is 24.0 Å². The summed E-state index contributed by atoms with van der Waals surface area (Å²) >= 11 is 5.78. The van der Waals surface area contributed by atoms with Crippen molar-refractivity contribution in [3.05, 3.63) is 29.0 Å². The maximum atomic E-state index is 5.93. The third-order valence-corrected chi connectivity index (χ3v) is 4.46. The fourth-order valence-corrected chi connectivity index (χ4v) is 2.97. The zero-order chi connectivity index (χ0) is 17.0. The van der Waals surface area contributed by atoms with E-state index in [0.29, 0.717) is 11.3 Å². The van der Waals surface area contributed by atoms with Crippen molar-refractivity contribution in [3.63, 3.8) is 0 Å². The topological polar surface area (TPSA) is 58.5 Å². The van der Waals surface area contributed by atoms with Crippen LogP contribution in [0.3, 0.4) is 0 Å². The highest BCUT2D eigenvalue weighted by molar-refractivity contribution is 14.0. The molecule has 1 aliphatic carbocycles. The summed E-state index contributed by atoms with van der Waals surface area (Å²) in [7, 11) is 1.79. The summed E-state index contributed by atoms with van der Waals surface area (Å²) in [6, 6.07) is 3.81. The second kappa shape index (κ2) is 13.6. The molecule has 0 atom stereocenters. The van der Waals surface area contributed by atoms with Crippen LogP contribution in [0, 0.1) is 0 Å². The lowest BCUT2D eigenvalue weighted by atomic mass is 9.98. The van der Waals surface area contributed by atoms with Gasteiger partial charge in [0.1, 0.15) is 5.15 Å². The number of hydrogen-bond donors (Lipinski definition) is 2. The Morgan fingerprint density at radius 2 is 2.00 bits per heavy atom. The average molecular weight is 481 g/mol. The van der Waals surface area contributed by atoms with E-state index in [9.17, 15) is 0 Å². The summed E-state index contributed by atoms with van der Waals surface area (Å²) in [4.78, 5) is 8.32.